The molecule has 0 aliphatic carbocycles. The Labute approximate surface area is 281 Å². The van der Waals surface area contributed by atoms with Crippen LogP contribution in [0.3, 0.4) is 0 Å². The van der Waals surface area contributed by atoms with E-state index in [0.717, 1.165) is 30.2 Å². The number of ether oxygens (including phenoxy) is 3. The summed E-state index contributed by atoms with van der Waals surface area (Å²) in [6, 6.07) is 7.00. The zero-order chi connectivity index (χ0) is 33.5. The third-order valence-corrected chi connectivity index (χ3v) is 8.77. The normalized spacial score (nSPS) is 18.5. The molecule has 1 amide bonds. The van der Waals surface area contributed by atoms with Crippen molar-refractivity contribution in [1.29, 1.82) is 0 Å². The maximum atomic E-state index is 15.7. The van der Waals surface area contributed by atoms with Gasteiger partial charge >= 0.3 is 6.09 Å². The lowest BCUT2D eigenvalue weighted by atomic mass is 9.90. The third-order valence-electron chi connectivity index (χ3n) is 8.17. The molecule has 0 saturated carbocycles. The van der Waals surface area contributed by atoms with Crippen molar-refractivity contribution in [3.05, 3.63) is 64.3 Å². The van der Waals surface area contributed by atoms with Crippen molar-refractivity contribution in [2.24, 2.45) is 0 Å². The SMILES string of the molecule is C[C@@H](Oc1ccc2c(c1)c(-c1cnc(N3CC(CO)(NC(=O)OC(C)(C)C)C3)c(F)c1)nn2C1CCCCO1)c1c(Cl)cncc1Cl. The van der Waals surface area contributed by atoms with Gasteiger partial charge in [0, 0.05) is 54.8 Å². The van der Waals surface area contributed by atoms with Crippen LogP contribution in [0.5, 0.6) is 5.75 Å². The third kappa shape index (κ3) is 6.96. The minimum atomic E-state index is -0.970. The number of carbonyl (C=O) groups excluding carboxylic acids is 1. The highest BCUT2D eigenvalue weighted by atomic mass is 35.5. The number of amides is 1. The quantitative estimate of drug-likeness (QED) is 0.205. The Bertz CT molecular complexity index is 1770. The number of alkyl carbamates (subject to hydrolysis) is 1. The molecule has 2 aliphatic heterocycles. The average Bonchev–Trinajstić information content (AvgIpc) is 3.37. The lowest BCUT2D eigenvalue weighted by Gasteiger charge is -2.49. The molecule has 47 heavy (non-hydrogen) atoms. The van der Waals surface area contributed by atoms with Crippen LogP contribution in [-0.2, 0) is 9.47 Å². The average molecular weight is 688 g/mol. The predicted molar refractivity (Wildman–Crippen MR) is 176 cm³/mol. The van der Waals surface area contributed by atoms with Gasteiger partial charge in [0.1, 0.15) is 28.7 Å². The Kier molecular flexibility index (Phi) is 9.23. The Morgan fingerprint density at radius 1 is 1.19 bits per heavy atom. The van der Waals surface area contributed by atoms with E-state index in [2.05, 4.69) is 15.3 Å². The van der Waals surface area contributed by atoms with Gasteiger partial charge in [0.2, 0.25) is 0 Å². The van der Waals surface area contributed by atoms with Crippen molar-refractivity contribution in [1.82, 2.24) is 25.1 Å². The fourth-order valence-electron chi connectivity index (χ4n) is 5.98. The van der Waals surface area contributed by atoms with Crippen molar-refractivity contribution >= 4 is 46.0 Å². The molecular weight excluding hydrogens is 650 g/mol. The predicted octanol–water partition coefficient (Wildman–Crippen LogP) is 6.85. The number of nitrogens with one attached hydrogen (secondary N) is 1. The van der Waals surface area contributed by atoms with E-state index in [1.165, 1.54) is 18.5 Å². The van der Waals surface area contributed by atoms with E-state index >= 15 is 4.39 Å². The monoisotopic (exact) mass is 686 g/mol. The minimum Gasteiger partial charge on any atom is -0.486 e. The molecule has 3 aromatic heterocycles. The van der Waals surface area contributed by atoms with E-state index in [1.807, 2.05) is 29.8 Å². The summed E-state index contributed by atoms with van der Waals surface area (Å²) in [6.45, 7) is 7.72. The second-order valence-corrected chi connectivity index (χ2v) is 13.8. The fraction of sp³-hybridized carbons (Fsp3) is 0.455. The van der Waals surface area contributed by atoms with Crippen LogP contribution >= 0.6 is 23.2 Å². The molecule has 14 heteroatoms. The van der Waals surface area contributed by atoms with E-state index in [1.54, 1.807) is 31.9 Å². The van der Waals surface area contributed by atoms with Gasteiger partial charge < -0.3 is 29.5 Å². The van der Waals surface area contributed by atoms with Gasteiger partial charge in [-0.15, -0.1) is 0 Å². The first-order chi connectivity index (χ1) is 22.4. The number of aliphatic hydroxyl groups excluding tert-OH is 1. The summed E-state index contributed by atoms with van der Waals surface area (Å²) in [6.07, 6.45) is 6.00. The van der Waals surface area contributed by atoms with E-state index in [-0.39, 0.29) is 31.7 Å². The Hall–Kier alpha value is -3.71. The van der Waals surface area contributed by atoms with Gasteiger partial charge in [0.05, 0.1) is 22.2 Å². The number of nitrogens with zero attached hydrogens (tertiary/aromatic N) is 5. The number of halogens is 3. The van der Waals surface area contributed by atoms with E-state index in [0.29, 0.717) is 39.2 Å². The van der Waals surface area contributed by atoms with Gasteiger partial charge in [-0.05, 0) is 71.2 Å². The number of anilines is 1. The molecular formula is C33H37Cl2FN6O5. The molecule has 2 N–H and O–H groups in total. The minimum absolute atomic E-state index is 0.104. The Morgan fingerprint density at radius 3 is 2.57 bits per heavy atom. The van der Waals surface area contributed by atoms with Crippen molar-refractivity contribution in [2.45, 2.75) is 70.4 Å². The number of carbonyl (C=O) groups is 1. The van der Waals surface area contributed by atoms with Crippen LogP contribution in [0, 0.1) is 5.82 Å². The molecule has 11 nitrogen and oxygen atoms in total. The second kappa shape index (κ2) is 13.1. The van der Waals surface area contributed by atoms with Crippen LogP contribution in [-0.4, -0.2) is 68.4 Å². The van der Waals surface area contributed by atoms with Crippen LogP contribution in [0.15, 0.2) is 42.9 Å². The maximum Gasteiger partial charge on any atom is 0.408 e. The first-order valence-corrected chi connectivity index (χ1v) is 16.2. The van der Waals surface area contributed by atoms with Crippen LogP contribution < -0.4 is 15.0 Å². The molecule has 5 heterocycles. The largest absolute Gasteiger partial charge is 0.486 e. The summed E-state index contributed by atoms with van der Waals surface area (Å²) in [5.74, 6) is 0.0841. The van der Waals surface area contributed by atoms with Crippen LogP contribution in [0.4, 0.5) is 15.0 Å². The lowest BCUT2D eigenvalue weighted by Crippen LogP contribution is -2.73. The zero-order valence-corrected chi connectivity index (χ0v) is 28.1. The van der Waals surface area contributed by atoms with Crippen LogP contribution in [0.2, 0.25) is 10.0 Å². The van der Waals surface area contributed by atoms with Crippen LogP contribution in [0.1, 0.15) is 64.9 Å². The summed E-state index contributed by atoms with van der Waals surface area (Å²) < 4.78 is 35.2. The molecule has 0 bridgehead atoms. The second-order valence-electron chi connectivity index (χ2n) is 13.0. The van der Waals surface area contributed by atoms with Crippen molar-refractivity contribution in [2.75, 3.05) is 31.2 Å². The number of aliphatic hydroxyl groups is 1. The van der Waals surface area contributed by atoms with Gasteiger partial charge in [-0.25, -0.2) is 18.9 Å². The van der Waals surface area contributed by atoms with Crippen LogP contribution in [0.25, 0.3) is 22.2 Å². The standard InChI is InChI=1S/C33H37Cl2FN6O5/c1-19(28-23(34)14-37-15-24(28)35)46-21-8-9-26-22(12-21)29(40-42(26)27-7-5-6-10-45-27)20-11-25(36)30(38-13-20)41-16-33(17-41,18-43)39-31(44)47-32(2,3)4/h8-9,11-15,19,27,43H,5-7,10,16-18H2,1-4H3,(H,39,44)/t19-,27?/m1/s1. The first kappa shape index (κ1) is 33.2. The summed E-state index contributed by atoms with van der Waals surface area (Å²) in [4.78, 5) is 22.5. The molecule has 1 aromatic carbocycles. The Balaban J connectivity index is 1.29. The molecule has 4 aromatic rings. The van der Waals surface area contributed by atoms with Crippen molar-refractivity contribution < 1.29 is 28.5 Å². The number of pyridine rings is 2. The number of hydrogen-bond acceptors (Lipinski definition) is 9. The van der Waals surface area contributed by atoms with E-state index in [9.17, 15) is 9.90 Å². The van der Waals surface area contributed by atoms with Gasteiger partial charge in [0.15, 0.2) is 17.9 Å². The molecule has 1 unspecified atom stereocenters. The fourth-order valence-corrected chi connectivity index (χ4v) is 6.65. The van der Waals surface area contributed by atoms with Crippen molar-refractivity contribution in [3.63, 3.8) is 0 Å². The molecule has 250 valence electrons. The molecule has 2 saturated heterocycles. The molecule has 0 radical (unpaired) electrons. The summed E-state index contributed by atoms with van der Waals surface area (Å²) >= 11 is 12.8. The summed E-state index contributed by atoms with van der Waals surface area (Å²) in [5, 5.41) is 19.2. The molecule has 2 fully saturated rings. The highest BCUT2D eigenvalue weighted by molar-refractivity contribution is 6.35. The number of rotatable bonds is 8. The topological polar surface area (TPSA) is 124 Å². The maximum absolute atomic E-state index is 15.7. The molecule has 0 spiro atoms. The lowest BCUT2D eigenvalue weighted by molar-refractivity contribution is -0.0365. The van der Waals surface area contributed by atoms with Gasteiger partial charge in [-0.3, -0.25) is 4.98 Å². The van der Waals surface area contributed by atoms with E-state index < -0.39 is 29.2 Å². The first-order valence-electron chi connectivity index (χ1n) is 15.5. The van der Waals surface area contributed by atoms with Gasteiger partial charge in [-0.1, -0.05) is 23.2 Å². The van der Waals surface area contributed by atoms with Gasteiger partial charge in [0.25, 0.3) is 0 Å². The van der Waals surface area contributed by atoms with Crippen molar-refractivity contribution in [3.8, 4) is 17.0 Å². The molecule has 2 atom stereocenters. The number of fused-ring (bicyclic) bond motifs is 1. The Morgan fingerprint density at radius 2 is 1.94 bits per heavy atom. The van der Waals surface area contributed by atoms with Gasteiger partial charge in [-0.2, -0.15) is 5.10 Å². The summed E-state index contributed by atoms with van der Waals surface area (Å²) in [5.41, 5.74) is 0.749. The highest BCUT2D eigenvalue weighted by Gasteiger charge is 2.46. The zero-order valence-electron chi connectivity index (χ0n) is 26.6. The summed E-state index contributed by atoms with van der Waals surface area (Å²) in [7, 11) is 0. The van der Waals surface area contributed by atoms with E-state index in [4.69, 9.17) is 42.5 Å². The number of aromatic nitrogens is 4. The smallest absolute Gasteiger partial charge is 0.408 e. The number of hydrogen-bond donors (Lipinski definition) is 2. The highest BCUT2D eigenvalue weighted by Crippen LogP contribution is 2.38. The molecule has 6 rings (SSSR count). The number of benzene rings is 1. The molecule has 2 aliphatic rings.